The number of aryl methyl sites for hydroxylation is 2. The van der Waals surface area contributed by atoms with Gasteiger partial charge in [0.25, 0.3) is 5.56 Å². The first kappa shape index (κ1) is 22.0. The van der Waals surface area contributed by atoms with E-state index in [2.05, 4.69) is 5.10 Å². The summed E-state index contributed by atoms with van der Waals surface area (Å²) < 4.78 is 12.4. The van der Waals surface area contributed by atoms with Crippen molar-refractivity contribution in [2.24, 2.45) is 0 Å². The molecular formula is C29H22N2O5. The highest BCUT2D eigenvalue weighted by Crippen LogP contribution is 2.29. The van der Waals surface area contributed by atoms with Gasteiger partial charge < -0.3 is 9.15 Å². The number of nitrogens with zero attached hydrogens (tertiary/aromatic N) is 2. The lowest BCUT2D eigenvalue weighted by molar-refractivity contribution is 0.0466. The number of hydrogen-bond acceptors (Lipinski definition) is 6. The van der Waals surface area contributed by atoms with Crippen LogP contribution in [0.3, 0.4) is 0 Å². The number of rotatable bonds is 5. The van der Waals surface area contributed by atoms with Gasteiger partial charge in [0, 0.05) is 22.4 Å². The fourth-order valence-electron chi connectivity index (χ4n) is 4.88. The molecule has 36 heavy (non-hydrogen) atoms. The summed E-state index contributed by atoms with van der Waals surface area (Å²) in [7, 11) is 0. The van der Waals surface area contributed by atoms with E-state index in [1.165, 1.54) is 21.9 Å². The van der Waals surface area contributed by atoms with Gasteiger partial charge in [-0.25, -0.2) is 14.3 Å². The summed E-state index contributed by atoms with van der Waals surface area (Å²) in [6.07, 6.45) is 3.01. The van der Waals surface area contributed by atoms with Crippen molar-refractivity contribution in [2.75, 3.05) is 0 Å². The topological polar surface area (TPSA) is 91.4 Å². The van der Waals surface area contributed by atoms with E-state index < -0.39 is 11.6 Å². The Hall–Kier alpha value is -4.52. The van der Waals surface area contributed by atoms with E-state index in [0.29, 0.717) is 21.9 Å². The average molecular weight is 479 g/mol. The fourth-order valence-corrected chi connectivity index (χ4v) is 4.88. The summed E-state index contributed by atoms with van der Waals surface area (Å²) in [5.41, 5.74) is 3.64. The molecule has 6 rings (SSSR count). The molecule has 1 aliphatic rings. The van der Waals surface area contributed by atoms with Crippen LogP contribution in [0.5, 0.6) is 0 Å². The number of carbonyl (C=O) groups is 1. The lowest BCUT2D eigenvalue weighted by atomic mass is 10.0. The van der Waals surface area contributed by atoms with Crippen molar-refractivity contribution in [3.8, 4) is 0 Å². The van der Waals surface area contributed by atoms with Crippen molar-refractivity contribution in [3.05, 3.63) is 122 Å². The number of ether oxygens (including phenoxy) is 1. The highest BCUT2D eigenvalue weighted by atomic mass is 16.5. The SMILES string of the molecule is O=C(OCc1cc(=O)oc2cc3c(cc12)CCC3)c1nn(Cc2ccccc2)c(=O)c2ccccc12. The lowest BCUT2D eigenvalue weighted by Gasteiger charge is -2.12. The number of fused-ring (bicyclic) bond motifs is 3. The predicted octanol–water partition coefficient (Wildman–Crippen LogP) is 4.40. The number of esters is 1. The molecule has 0 saturated heterocycles. The summed E-state index contributed by atoms with van der Waals surface area (Å²) in [6, 6.07) is 21.6. The van der Waals surface area contributed by atoms with Crippen LogP contribution in [0.15, 0.2) is 86.8 Å². The maximum atomic E-state index is 13.3. The first-order valence-corrected chi connectivity index (χ1v) is 11.9. The molecule has 0 amide bonds. The summed E-state index contributed by atoms with van der Waals surface area (Å²) in [5.74, 6) is -0.671. The second-order valence-electron chi connectivity index (χ2n) is 8.98. The molecule has 0 atom stereocenters. The quantitative estimate of drug-likeness (QED) is 0.275. The molecule has 0 N–H and O–H groups in total. The number of carbonyl (C=O) groups excluding carboxylic acids is 1. The summed E-state index contributed by atoms with van der Waals surface area (Å²) in [6.45, 7) is 0.105. The normalized spacial score (nSPS) is 12.7. The minimum Gasteiger partial charge on any atom is -0.456 e. The van der Waals surface area contributed by atoms with Crippen LogP contribution >= 0.6 is 0 Å². The van der Waals surface area contributed by atoms with Crippen LogP contribution in [0.25, 0.3) is 21.7 Å². The van der Waals surface area contributed by atoms with E-state index in [4.69, 9.17) is 9.15 Å². The van der Waals surface area contributed by atoms with Crippen molar-refractivity contribution >= 4 is 27.7 Å². The molecule has 0 unspecified atom stereocenters. The van der Waals surface area contributed by atoms with Crippen molar-refractivity contribution in [1.82, 2.24) is 9.78 Å². The first-order valence-electron chi connectivity index (χ1n) is 11.9. The third-order valence-electron chi connectivity index (χ3n) is 6.64. The smallest absolute Gasteiger partial charge is 0.359 e. The summed E-state index contributed by atoms with van der Waals surface area (Å²) in [4.78, 5) is 38.5. The Morgan fingerprint density at radius 2 is 1.61 bits per heavy atom. The monoisotopic (exact) mass is 478 g/mol. The van der Waals surface area contributed by atoms with Crippen molar-refractivity contribution < 1.29 is 13.9 Å². The van der Waals surface area contributed by atoms with Gasteiger partial charge >= 0.3 is 11.6 Å². The molecule has 2 aromatic heterocycles. The maximum absolute atomic E-state index is 13.3. The summed E-state index contributed by atoms with van der Waals surface area (Å²) in [5, 5.41) is 5.95. The molecule has 178 valence electrons. The molecule has 0 saturated carbocycles. The number of benzene rings is 3. The highest BCUT2D eigenvalue weighted by Gasteiger charge is 2.20. The molecule has 0 spiro atoms. The molecule has 2 heterocycles. The Balaban J connectivity index is 1.36. The van der Waals surface area contributed by atoms with Crippen LogP contribution in [-0.2, 0) is 30.7 Å². The number of hydrogen-bond donors (Lipinski definition) is 0. The van der Waals surface area contributed by atoms with Crippen molar-refractivity contribution in [2.45, 2.75) is 32.4 Å². The van der Waals surface area contributed by atoms with Gasteiger partial charge in [-0.2, -0.15) is 5.10 Å². The number of aromatic nitrogens is 2. The second kappa shape index (κ2) is 8.92. The second-order valence-corrected chi connectivity index (χ2v) is 8.98. The van der Waals surface area contributed by atoms with E-state index in [-0.39, 0.29) is 24.4 Å². The molecule has 0 fully saturated rings. The molecule has 0 aliphatic heterocycles. The zero-order valence-corrected chi connectivity index (χ0v) is 19.4. The summed E-state index contributed by atoms with van der Waals surface area (Å²) >= 11 is 0. The molecular weight excluding hydrogens is 456 g/mol. The van der Waals surface area contributed by atoms with Crippen LogP contribution < -0.4 is 11.2 Å². The van der Waals surface area contributed by atoms with Gasteiger partial charge in [0.15, 0.2) is 5.69 Å². The Morgan fingerprint density at radius 1 is 0.889 bits per heavy atom. The largest absolute Gasteiger partial charge is 0.456 e. The predicted molar refractivity (Wildman–Crippen MR) is 135 cm³/mol. The van der Waals surface area contributed by atoms with Gasteiger partial charge in [-0.1, -0.05) is 48.5 Å². The third kappa shape index (κ3) is 3.98. The first-order chi connectivity index (χ1) is 17.6. The van der Waals surface area contributed by atoms with E-state index in [1.807, 2.05) is 42.5 Å². The minimum absolute atomic E-state index is 0.0503. The van der Waals surface area contributed by atoms with Crippen molar-refractivity contribution in [1.29, 1.82) is 0 Å². The Morgan fingerprint density at radius 3 is 2.42 bits per heavy atom. The molecule has 0 radical (unpaired) electrons. The zero-order chi connectivity index (χ0) is 24.6. The molecule has 5 aromatic rings. The maximum Gasteiger partial charge on any atom is 0.359 e. The van der Waals surface area contributed by atoms with Crippen LogP contribution in [0.2, 0.25) is 0 Å². The zero-order valence-electron chi connectivity index (χ0n) is 19.4. The average Bonchev–Trinajstić information content (AvgIpc) is 3.35. The van der Waals surface area contributed by atoms with Crippen LogP contribution in [-0.4, -0.2) is 15.7 Å². The van der Waals surface area contributed by atoms with E-state index in [1.54, 1.807) is 24.3 Å². The van der Waals surface area contributed by atoms with Gasteiger partial charge in [0.1, 0.15) is 12.2 Å². The molecule has 7 heteroatoms. The van der Waals surface area contributed by atoms with Gasteiger partial charge in [-0.3, -0.25) is 4.79 Å². The standard InChI is InChI=1S/C29H22N2O5/c32-26-15-21(24-13-19-9-6-10-20(19)14-25(24)36-26)17-35-29(34)27-22-11-4-5-12-23(22)28(33)31(30-27)16-18-7-2-1-3-8-18/h1-5,7-8,11-15H,6,9-10,16-17H2. The molecule has 1 aliphatic carbocycles. The van der Waals surface area contributed by atoms with E-state index >= 15 is 0 Å². The third-order valence-corrected chi connectivity index (χ3v) is 6.64. The molecule has 3 aromatic carbocycles. The van der Waals surface area contributed by atoms with Crippen LogP contribution in [0, 0.1) is 0 Å². The Labute approximate surface area is 205 Å². The lowest BCUT2D eigenvalue weighted by Crippen LogP contribution is -2.27. The van der Waals surface area contributed by atoms with E-state index in [0.717, 1.165) is 30.2 Å². The fraction of sp³-hybridized carbons (Fsp3) is 0.172. The van der Waals surface area contributed by atoms with Crippen LogP contribution in [0.1, 0.15) is 39.2 Å². The molecule has 0 bridgehead atoms. The highest BCUT2D eigenvalue weighted by molar-refractivity contribution is 6.02. The van der Waals surface area contributed by atoms with E-state index in [9.17, 15) is 14.4 Å². The van der Waals surface area contributed by atoms with Gasteiger partial charge in [-0.05, 0) is 54.2 Å². The van der Waals surface area contributed by atoms with Gasteiger partial charge in [0.2, 0.25) is 0 Å². The van der Waals surface area contributed by atoms with Crippen molar-refractivity contribution in [3.63, 3.8) is 0 Å². The van der Waals surface area contributed by atoms with Crippen LogP contribution in [0.4, 0.5) is 0 Å². The Bertz CT molecular complexity index is 1750. The molecule has 7 nitrogen and oxygen atoms in total. The Kier molecular flexibility index (Phi) is 5.45. The van der Waals surface area contributed by atoms with Gasteiger partial charge in [0.05, 0.1) is 11.9 Å². The van der Waals surface area contributed by atoms with Gasteiger partial charge in [-0.15, -0.1) is 0 Å². The minimum atomic E-state index is -0.671.